The monoisotopic (exact) mass is 505 g/mol. The van der Waals surface area contributed by atoms with Crippen LogP contribution in [0.4, 0.5) is 5.00 Å². The number of carbonyl (C=O) groups is 1. The van der Waals surface area contributed by atoms with E-state index in [2.05, 4.69) is 53.4 Å². The normalized spacial score (nSPS) is 15.7. The number of ether oxygens (including phenoxy) is 1. The lowest BCUT2D eigenvalue weighted by Crippen LogP contribution is -2.34. The Morgan fingerprint density at radius 2 is 2.13 bits per heavy atom. The van der Waals surface area contributed by atoms with Gasteiger partial charge >= 0.3 is 0 Å². The van der Waals surface area contributed by atoms with E-state index < -0.39 is 0 Å². The maximum atomic E-state index is 12.5. The Balaban J connectivity index is 1.73. The lowest BCUT2D eigenvalue weighted by molar-refractivity contribution is 0.0977. The molecule has 0 saturated carbocycles. The Morgan fingerprint density at radius 3 is 2.73 bits per heavy atom. The van der Waals surface area contributed by atoms with E-state index in [0.717, 1.165) is 24.8 Å². The van der Waals surface area contributed by atoms with Crippen LogP contribution in [-0.2, 0) is 12.8 Å². The average Bonchev–Trinajstić information content (AvgIpc) is 3.02. The van der Waals surface area contributed by atoms with E-state index in [9.17, 15) is 10.1 Å². The highest BCUT2D eigenvalue weighted by atomic mass is 79.9. The summed E-state index contributed by atoms with van der Waals surface area (Å²) in [7, 11) is 1.57. The fourth-order valence-corrected chi connectivity index (χ4v) is 5.73. The summed E-state index contributed by atoms with van der Waals surface area (Å²) in [5.41, 5.74) is 2.45. The second-order valence-corrected chi connectivity index (χ2v) is 10.8. The number of anilines is 1. The molecule has 1 aliphatic rings. The van der Waals surface area contributed by atoms with Crippen molar-refractivity contribution in [2.24, 2.45) is 11.3 Å². The number of amides is 1. The average molecular weight is 506 g/mol. The van der Waals surface area contributed by atoms with Gasteiger partial charge in [0.1, 0.15) is 16.8 Å². The Morgan fingerprint density at radius 1 is 1.40 bits per heavy atom. The van der Waals surface area contributed by atoms with E-state index in [1.54, 1.807) is 36.6 Å². The highest BCUT2D eigenvalue weighted by Gasteiger charge is 2.32. The molecule has 5 nitrogen and oxygen atoms in total. The van der Waals surface area contributed by atoms with Crippen LogP contribution >= 0.6 is 39.5 Å². The summed E-state index contributed by atoms with van der Waals surface area (Å²) in [5, 5.41) is 16.4. The van der Waals surface area contributed by atoms with E-state index in [1.165, 1.54) is 4.88 Å². The van der Waals surface area contributed by atoms with Crippen molar-refractivity contribution in [2.45, 2.75) is 40.0 Å². The van der Waals surface area contributed by atoms with Crippen molar-refractivity contribution < 1.29 is 9.53 Å². The van der Waals surface area contributed by atoms with Gasteiger partial charge in [-0.15, -0.1) is 11.3 Å². The number of halogens is 1. The molecule has 2 aromatic rings. The maximum absolute atomic E-state index is 12.5. The first-order valence-electron chi connectivity index (χ1n) is 9.64. The van der Waals surface area contributed by atoms with Gasteiger partial charge in [0.25, 0.3) is 5.91 Å². The number of benzene rings is 1. The van der Waals surface area contributed by atoms with Gasteiger partial charge in [0, 0.05) is 10.4 Å². The fraction of sp³-hybridized carbons (Fsp3) is 0.409. The van der Waals surface area contributed by atoms with Crippen molar-refractivity contribution in [3.63, 3.8) is 0 Å². The van der Waals surface area contributed by atoms with Crippen LogP contribution in [0.3, 0.4) is 0 Å². The van der Waals surface area contributed by atoms with Crippen LogP contribution in [0.15, 0.2) is 22.7 Å². The Labute approximate surface area is 194 Å². The lowest BCUT2D eigenvalue weighted by atomic mass is 9.72. The summed E-state index contributed by atoms with van der Waals surface area (Å²) in [6, 6.07) is 7.37. The van der Waals surface area contributed by atoms with Gasteiger partial charge in [-0.25, -0.2) is 0 Å². The molecule has 1 aromatic heterocycles. The van der Waals surface area contributed by atoms with Gasteiger partial charge in [0.2, 0.25) is 0 Å². The molecule has 158 valence electrons. The third-order valence-corrected chi connectivity index (χ3v) is 7.46. The Bertz CT molecular complexity index is 1030. The largest absolute Gasteiger partial charge is 0.496 e. The van der Waals surface area contributed by atoms with Gasteiger partial charge in [0.15, 0.2) is 5.11 Å². The predicted octanol–water partition coefficient (Wildman–Crippen LogP) is 5.67. The van der Waals surface area contributed by atoms with E-state index >= 15 is 0 Å². The molecule has 1 aliphatic carbocycles. The minimum absolute atomic E-state index is 0.175. The van der Waals surface area contributed by atoms with Crippen LogP contribution in [-0.4, -0.2) is 18.1 Å². The second-order valence-electron chi connectivity index (χ2n) is 8.38. The summed E-state index contributed by atoms with van der Waals surface area (Å²) in [5.74, 6) is 0.898. The SMILES string of the molecule is COc1ccc(C(=O)NC(=S)Nc2sc3c(c2C#N)CC[C@@H](C(C)(C)C)C3)cc1Br. The molecule has 1 atom stereocenters. The fourth-order valence-electron chi connectivity index (χ4n) is 3.65. The summed E-state index contributed by atoms with van der Waals surface area (Å²) in [6.07, 6.45) is 2.95. The van der Waals surface area contributed by atoms with Crippen molar-refractivity contribution in [1.82, 2.24) is 5.32 Å². The Kier molecular flexibility index (Phi) is 6.85. The standard InChI is InChI=1S/C22H24BrN3O2S2/c1-22(2,3)13-6-7-14-15(11-24)20(30-18(14)10-13)26-21(29)25-19(27)12-5-8-17(28-4)16(23)9-12/h5,8-9,13H,6-7,10H2,1-4H3,(H2,25,26,27,29)/t13-/m1/s1. The zero-order valence-corrected chi connectivity index (χ0v) is 20.6. The molecule has 3 rings (SSSR count). The van der Waals surface area contributed by atoms with Crippen LogP contribution in [0.2, 0.25) is 0 Å². The van der Waals surface area contributed by atoms with Gasteiger partial charge in [-0.05, 0) is 82.5 Å². The van der Waals surface area contributed by atoms with Gasteiger partial charge in [-0.3, -0.25) is 10.1 Å². The van der Waals surface area contributed by atoms with E-state index in [4.69, 9.17) is 17.0 Å². The molecule has 0 radical (unpaired) electrons. The number of nitrogens with one attached hydrogen (secondary N) is 2. The van der Waals surface area contributed by atoms with Gasteiger partial charge < -0.3 is 10.1 Å². The summed E-state index contributed by atoms with van der Waals surface area (Å²) < 4.78 is 5.87. The number of thiocarbonyl (C=S) groups is 1. The van der Waals surface area contributed by atoms with Crippen LogP contribution in [0, 0.1) is 22.7 Å². The van der Waals surface area contributed by atoms with Crippen LogP contribution < -0.4 is 15.4 Å². The van der Waals surface area contributed by atoms with Crippen molar-refractivity contribution >= 4 is 55.5 Å². The molecule has 8 heteroatoms. The number of hydrogen-bond acceptors (Lipinski definition) is 5. The number of nitrogens with zero attached hydrogens (tertiary/aromatic N) is 1. The number of methoxy groups -OCH3 is 1. The number of nitriles is 1. The minimum Gasteiger partial charge on any atom is -0.496 e. The molecular weight excluding hydrogens is 482 g/mol. The first-order chi connectivity index (χ1) is 14.1. The number of rotatable bonds is 3. The minimum atomic E-state index is -0.330. The van der Waals surface area contributed by atoms with E-state index in [0.29, 0.717) is 32.3 Å². The van der Waals surface area contributed by atoms with Gasteiger partial charge in [-0.1, -0.05) is 20.8 Å². The maximum Gasteiger partial charge on any atom is 0.257 e. The zero-order valence-electron chi connectivity index (χ0n) is 17.4. The van der Waals surface area contributed by atoms with Gasteiger partial charge in [-0.2, -0.15) is 5.26 Å². The Hall–Kier alpha value is -1.95. The third-order valence-electron chi connectivity index (χ3n) is 5.47. The van der Waals surface area contributed by atoms with Crippen molar-refractivity contribution in [1.29, 1.82) is 5.26 Å². The molecular formula is C22H24BrN3O2S2. The third kappa shape index (κ3) is 4.85. The van der Waals surface area contributed by atoms with Crippen LogP contribution in [0.25, 0.3) is 0 Å². The molecule has 0 saturated heterocycles. The quantitative estimate of drug-likeness (QED) is 0.525. The van der Waals surface area contributed by atoms with Crippen molar-refractivity contribution in [2.75, 3.05) is 12.4 Å². The summed E-state index contributed by atoms with van der Waals surface area (Å²) in [6.45, 7) is 6.80. The number of hydrogen-bond donors (Lipinski definition) is 2. The molecule has 0 aliphatic heterocycles. The second kappa shape index (κ2) is 9.04. The van der Waals surface area contributed by atoms with E-state index in [-0.39, 0.29) is 16.4 Å². The first-order valence-corrected chi connectivity index (χ1v) is 11.7. The highest BCUT2D eigenvalue weighted by Crippen LogP contribution is 2.44. The number of thiophene rings is 1. The lowest BCUT2D eigenvalue weighted by Gasteiger charge is -2.33. The summed E-state index contributed by atoms with van der Waals surface area (Å²) >= 11 is 10.3. The number of fused-ring (bicyclic) bond motifs is 1. The smallest absolute Gasteiger partial charge is 0.257 e. The molecule has 1 aromatic carbocycles. The van der Waals surface area contributed by atoms with Gasteiger partial charge in [0.05, 0.1) is 17.1 Å². The highest BCUT2D eigenvalue weighted by molar-refractivity contribution is 9.10. The zero-order chi connectivity index (χ0) is 22.1. The van der Waals surface area contributed by atoms with Crippen molar-refractivity contribution in [3.05, 3.63) is 44.2 Å². The molecule has 0 fully saturated rings. The molecule has 1 amide bonds. The van der Waals surface area contributed by atoms with Crippen molar-refractivity contribution in [3.8, 4) is 11.8 Å². The molecule has 30 heavy (non-hydrogen) atoms. The molecule has 1 heterocycles. The summed E-state index contributed by atoms with van der Waals surface area (Å²) in [4.78, 5) is 13.8. The number of carbonyl (C=O) groups excluding carboxylic acids is 1. The molecule has 0 unspecified atom stereocenters. The van der Waals surface area contributed by atoms with Crippen LogP contribution in [0.1, 0.15) is 53.6 Å². The topological polar surface area (TPSA) is 74.2 Å². The molecule has 0 spiro atoms. The van der Waals surface area contributed by atoms with E-state index in [1.807, 2.05) is 0 Å². The van der Waals surface area contributed by atoms with Crippen LogP contribution in [0.5, 0.6) is 5.75 Å². The molecule has 0 bridgehead atoms. The first kappa shape index (κ1) is 22.7. The predicted molar refractivity (Wildman–Crippen MR) is 128 cm³/mol. The molecule has 2 N–H and O–H groups in total.